The number of nitrogens with zero attached hydrogens (tertiary/aromatic N) is 1. The Hall–Kier alpha value is -0.620. The fourth-order valence-corrected chi connectivity index (χ4v) is 2.35. The second kappa shape index (κ2) is 2.95. The normalized spacial score (nSPS) is 30.6. The molecule has 76 valence electrons. The molecule has 0 aromatic heterocycles. The number of amides is 1. The average molecular weight is 206 g/mol. The third kappa shape index (κ3) is 2.00. The summed E-state index contributed by atoms with van der Waals surface area (Å²) in [6, 6.07) is 0. The molecule has 13 heavy (non-hydrogen) atoms. The quantitative estimate of drug-likeness (QED) is 0.638. The number of primary amides is 1. The zero-order valence-corrected chi connectivity index (χ0v) is 8.60. The van der Waals surface area contributed by atoms with Crippen LogP contribution in [0.2, 0.25) is 0 Å². The maximum Gasteiger partial charge on any atom is 0.224 e. The van der Waals surface area contributed by atoms with Gasteiger partial charge in [-0.3, -0.25) is 4.79 Å². The summed E-state index contributed by atoms with van der Waals surface area (Å²) in [5.74, 6) is -0.432. The van der Waals surface area contributed by atoms with Crippen molar-refractivity contribution >= 4 is 15.9 Å². The molecule has 0 radical (unpaired) electrons. The zero-order valence-electron chi connectivity index (χ0n) is 7.78. The van der Waals surface area contributed by atoms with Crippen molar-refractivity contribution in [2.75, 3.05) is 19.3 Å². The molecule has 0 saturated carbocycles. The summed E-state index contributed by atoms with van der Waals surface area (Å²) in [7, 11) is -3.18. The molecule has 1 aliphatic rings. The highest BCUT2D eigenvalue weighted by molar-refractivity contribution is 7.88. The van der Waals surface area contributed by atoms with E-state index >= 15 is 0 Å². The Bertz CT molecular complexity index is 325. The van der Waals surface area contributed by atoms with Crippen LogP contribution in [0.3, 0.4) is 0 Å². The Kier molecular flexibility index (Phi) is 2.38. The second-order valence-corrected chi connectivity index (χ2v) is 5.75. The van der Waals surface area contributed by atoms with Gasteiger partial charge in [-0.05, 0) is 13.3 Å². The monoisotopic (exact) mass is 206 g/mol. The number of carbonyl (C=O) groups excluding carboxylic acids is 1. The van der Waals surface area contributed by atoms with Crippen molar-refractivity contribution in [2.24, 2.45) is 11.1 Å². The van der Waals surface area contributed by atoms with Crippen LogP contribution < -0.4 is 5.73 Å². The fourth-order valence-electron chi connectivity index (χ4n) is 1.40. The summed E-state index contributed by atoms with van der Waals surface area (Å²) in [6.45, 7) is 2.29. The van der Waals surface area contributed by atoms with Gasteiger partial charge < -0.3 is 5.73 Å². The number of rotatable bonds is 2. The van der Waals surface area contributed by atoms with Gasteiger partial charge in [-0.2, -0.15) is 0 Å². The first-order chi connectivity index (χ1) is 5.76. The van der Waals surface area contributed by atoms with E-state index in [0.717, 1.165) is 6.26 Å². The molecule has 1 heterocycles. The lowest BCUT2D eigenvalue weighted by Gasteiger charge is -2.19. The van der Waals surface area contributed by atoms with Crippen LogP contribution >= 0.6 is 0 Å². The van der Waals surface area contributed by atoms with E-state index in [4.69, 9.17) is 5.73 Å². The van der Waals surface area contributed by atoms with E-state index in [1.165, 1.54) is 4.31 Å². The Morgan fingerprint density at radius 1 is 1.54 bits per heavy atom. The summed E-state index contributed by atoms with van der Waals surface area (Å²) in [5.41, 5.74) is 4.49. The molecule has 0 aromatic rings. The standard InChI is InChI=1S/C7H14N2O3S/c1-7(6(8)10)3-4-9(5-7)13(2,11)12/h3-5H2,1-2H3,(H2,8,10). The third-order valence-corrected chi connectivity index (χ3v) is 3.75. The van der Waals surface area contributed by atoms with Crippen LogP contribution in [0.15, 0.2) is 0 Å². The first kappa shape index (κ1) is 10.5. The molecule has 0 aromatic carbocycles. The van der Waals surface area contributed by atoms with Gasteiger partial charge in [0.25, 0.3) is 0 Å². The van der Waals surface area contributed by atoms with Crippen LogP contribution in [0.25, 0.3) is 0 Å². The number of hydrogen-bond acceptors (Lipinski definition) is 3. The molecule has 1 amide bonds. The number of hydrogen-bond donors (Lipinski definition) is 1. The Morgan fingerprint density at radius 2 is 2.08 bits per heavy atom. The topological polar surface area (TPSA) is 80.5 Å². The molecule has 0 bridgehead atoms. The molecule has 2 N–H and O–H groups in total. The van der Waals surface area contributed by atoms with E-state index in [1.807, 2.05) is 0 Å². The minimum Gasteiger partial charge on any atom is -0.369 e. The van der Waals surface area contributed by atoms with Crippen molar-refractivity contribution in [2.45, 2.75) is 13.3 Å². The van der Waals surface area contributed by atoms with Gasteiger partial charge in [-0.15, -0.1) is 0 Å². The Labute approximate surface area is 77.9 Å². The molecule has 1 atom stereocenters. The van der Waals surface area contributed by atoms with Crippen molar-refractivity contribution in [1.82, 2.24) is 4.31 Å². The van der Waals surface area contributed by atoms with Gasteiger partial charge in [-0.25, -0.2) is 12.7 Å². The van der Waals surface area contributed by atoms with E-state index < -0.39 is 21.3 Å². The van der Waals surface area contributed by atoms with Crippen LogP contribution in [-0.4, -0.2) is 38.0 Å². The predicted molar refractivity (Wildman–Crippen MR) is 48.3 cm³/mol. The van der Waals surface area contributed by atoms with E-state index in [0.29, 0.717) is 13.0 Å². The molecule has 0 spiro atoms. The predicted octanol–water partition coefficient (Wildman–Crippen LogP) is -0.857. The van der Waals surface area contributed by atoms with E-state index in [9.17, 15) is 13.2 Å². The minimum absolute atomic E-state index is 0.209. The van der Waals surface area contributed by atoms with Gasteiger partial charge in [0, 0.05) is 13.1 Å². The van der Waals surface area contributed by atoms with Gasteiger partial charge in [0.1, 0.15) is 0 Å². The Balaban J connectivity index is 2.81. The van der Waals surface area contributed by atoms with Gasteiger partial charge >= 0.3 is 0 Å². The lowest BCUT2D eigenvalue weighted by molar-refractivity contribution is -0.126. The van der Waals surface area contributed by atoms with Crippen molar-refractivity contribution in [3.05, 3.63) is 0 Å². The first-order valence-corrected chi connectivity index (χ1v) is 5.85. The molecular formula is C7H14N2O3S. The van der Waals surface area contributed by atoms with Gasteiger partial charge in [0.2, 0.25) is 15.9 Å². The van der Waals surface area contributed by atoms with Crippen molar-refractivity contribution in [3.63, 3.8) is 0 Å². The molecule has 6 heteroatoms. The van der Waals surface area contributed by atoms with E-state index in [2.05, 4.69) is 0 Å². The summed E-state index contributed by atoms with van der Waals surface area (Å²) < 4.78 is 23.5. The van der Waals surface area contributed by atoms with Gasteiger partial charge in [0.05, 0.1) is 11.7 Å². The smallest absolute Gasteiger partial charge is 0.224 e. The molecule has 1 rings (SSSR count). The molecule has 5 nitrogen and oxygen atoms in total. The van der Waals surface area contributed by atoms with Crippen LogP contribution in [0, 0.1) is 5.41 Å². The van der Waals surface area contributed by atoms with Crippen LogP contribution in [-0.2, 0) is 14.8 Å². The maximum atomic E-state index is 11.1. The molecule has 1 aliphatic heterocycles. The molecule has 1 saturated heterocycles. The molecule has 0 aliphatic carbocycles. The SMILES string of the molecule is CC1(C(N)=O)CCN(S(C)(=O)=O)C1. The fraction of sp³-hybridized carbons (Fsp3) is 0.857. The molecule has 1 unspecified atom stereocenters. The second-order valence-electron chi connectivity index (χ2n) is 3.77. The first-order valence-electron chi connectivity index (χ1n) is 4.01. The third-order valence-electron chi connectivity index (χ3n) is 2.50. The summed E-state index contributed by atoms with van der Waals surface area (Å²) >= 11 is 0. The summed E-state index contributed by atoms with van der Waals surface area (Å²) in [6.07, 6.45) is 1.65. The molecular weight excluding hydrogens is 192 g/mol. The van der Waals surface area contributed by atoms with E-state index in [-0.39, 0.29) is 6.54 Å². The van der Waals surface area contributed by atoms with Gasteiger partial charge in [-0.1, -0.05) is 0 Å². The van der Waals surface area contributed by atoms with E-state index in [1.54, 1.807) is 6.92 Å². The summed E-state index contributed by atoms with van der Waals surface area (Å²) in [4.78, 5) is 11.0. The summed E-state index contributed by atoms with van der Waals surface area (Å²) in [5, 5.41) is 0. The van der Waals surface area contributed by atoms with Crippen molar-refractivity contribution < 1.29 is 13.2 Å². The number of nitrogens with two attached hydrogens (primary N) is 1. The largest absolute Gasteiger partial charge is 0.369 e. The lowest BCUT2D eigenvalue weighted by atomic mass is 9.89. The highest BCUT2D eigenvalue weighted by Crippen LogP contribution is 2.30. The number of sulfonamides is 1. The van der Waals surface area contributed by atoms with Crippen LogP contribution in [0.5, 0.6) is 0 Å². The highest BCUT2D eigenvalue weighted by Gasteiger charge is 2.41. The van der Waals surface area contributed by atoms with Crippen LogP contribution in [0.1, 0.15) is 13.3 Å². The molecule has 1 fully saturated rings. The maximum absolute atomic E-state index is 11.1. The highest BCUT2D eigenvalue weighted by atomic mass is 32.2. The van der Waals surface area contributed by atoms with Gasteiger partial charge in [0.15, 0.2) is 0 Å². The lowest BCUT2D eigenvalue weighted by Crippen LogP contribution is -2.38. The average Bonchev–Trinajstić information content (AvgIpc) is 2.31. The zero-order chi connectivity index (χ0) is 10.3. The van der Waals surface area contributed by atoms with Crippen molar-refractivity contribution in [1.29, 1.82) is 0 Å². The Morgan fingerprint density at radius 3 is 2.31 bits per heavy atom. The van der Waals surface area contributed by atoms with Crippen LogP contribution in [0.4, 0.5) is 0 Å². The number of carbonyl (C=O) groups is 1. The van der Waals surface area contributed by atoms with Crippen molar-refractivity contribution in [3.8, 4) is 0 Å². The minimum atomic E-state index is -3.18.